The summed E-state index contributed by atoms with van der Waals surface area (Å²) < 4.78 is 5.16. The highest BCUT2D eigenvalue weighted by atomic mass is 32.1. The molecular weight excluding hydrogens is 256 g/mol. The maximum Gasteiger partial charge on any atom is 0.119 e. The molecule has 19 heavy (non-hydrogen) atoms. The predicted molar refractivity (Wildman–Crippen MR) is 82.2 cm³/mol. The number of methoxy groups -OCH3 is 1. The number of ether oxygens (including phenoxy) is 1. The van der Waals surface area contributed by atoms with Gasteiger partial charge in [0, 0.05) is 22.0 Å². The first-order chi connectivity index (χ1) is 9.13. The number of thiophene rings is 1. The van der Waals surface area contributed by atoms with E-state index < -0.39 is 0 Å². The number of anilines is 1. The third kappa shape index (κ3) is 3.28. The third-order valence-electron chi connectivity index (χ3n) is 3.12. The topological polar surface area (TPSA) is 47.3 Å². The molecule has 1 aromatic carbocycles. The highest BCUT2D eigenvalue weighted by molar-refractivity contribution is 7.12. The van der Waals surface area contributed by atoms with Crippen LogP contribution in [0.4, 0.5) is 5.69 Å². The van der Waals surface area contributed by atoms with E-state index in [0.29, 0.717) is 6.54 Å². The van der Waals surface area contributed by atoms with Crippen molar-refractivity contribution in [3.05, 3.63) is 45.6 Å². The fourth-order valence-corrected chi connectivity index (χ4v) is 3.14. The molecule has 1 atom stereocenters. The molecule has 3 N–H and O–H groups in total. The summed E-state index contributed by atoms with van der Waals surface area (Å²) in [4.78, 5) is 2.65. The van der Waals surface area contributed by atoms with Crippen molar-refractivity contribution >= 4 is 17.0 Å². The molecule has 0 aliphatic rings. The summed E-state index contributed by atoms with van der Waals surface area (Å²) in [5.74, 6) is 0.859. The Labute approximate surface area is 118 Å². The molecular formula is C15H20N2OS. The van der Waals surface area contributed by atoms with E-state index in [4.69, 9.17) is 10.5 Å². The van der Waals surface area contributed by atoms with Crippen molar-refractivity contribution in [3.8, 4) is 5.75 Å². The number of aryl methyl sites for hydroxylation is 2. The van der Waals surface area contributed by atoms with E-state index in [9.17, 15) is 0 Å². The van der Waals surface area contributed by atoms with Gasteiger partial charge in [-0.2, -0.15) is 0 Å². The van der Waals surface area contributed by atoms with Crippen molar-refractivity contribution in [3.63, 3.8) is 0 Å². The van der Waals surface area contributed by atoms with Crippen LogP contribution in [0, 0.1) is 13.8 Å². The van der Waals surface area contributed by atoms with Crippen LogP contribution in [0.15, 0.2) is 30.3 Å². The Kier molecular flexibility index (Phi) is 4.45. The number of rotatable bonds is 5. The first kappa shape index (κ1) is 13.9. The minimum Gasteiger partial charge on any atom is -0.497 e. The van der Waals surface area contributed by atoms with Gasteiger partial charge in [-0.05, 0) is 49.7 Å². The molecule has 0 spiro atoms. The Hall–Kier alpha value is -1.52. The zero-order chi connectivity index (χ0) is 13.8. The van der Waals surface area contributed by atoms with Gasteiger partial charge in [0.25, 0.3) is 0 Å². The van der Waals surface area contributed by atoms with E-state index >= 15 is 0 Å². The average Bonchev–Trinajstić information content (AvgIpc) is 2.75. The summed E-state index contributed by atoms with van der Waals surface area (Å²) in [5.41, 5.74) is 8.25. The molecule has 1 unspecified atom stereocenters. The maximum atomic E-state index is 5.90. The number of benzene rings is 1. The molecule has 0 aliphatic heterocycles. The van der Waals surface area contributed by atoms with Gasteiger partial charge < -0.3 is 15.8 Å². The zero-order valence-electron chi connectivity index (χ0n) is 11.6. The molecule has 0 amide bonds. The number of hydrogen-bond acceptors (Lipinski definition) is 4. The largest absolute Gasteiger partial charge is 0.497 e. The molecule has 3 nitrogen and oxygen atoms in total. The van der Waals surface area contributed by atoms with E-state index in [1.54, 1.807) is 7.11 Å². The van der Waals surface area contributed by atoms with Gasteiger partial charge in [-0.1, -0.05) is 0 Å². The summed E-state index contributed by atoms with van der Waals surface area (Å²) in [6.07, 6.45) is 0. The molecule has 0 radical (unpaired) electrons. The summed E-state index contributed by atoms with van der Waals surface area (Å²) >= 11 is 1.81. The zero-order valence-corrected chi connectivity index (χ0v) is 12.4. The van der Waals surface area contributed by atoms with Crippen LogP contribution in [-0.4, -0.2) is 13.7 Å². The fourth-order valence-electron chi connectivity index (χ4n) is 2.15. The molecule has 4 heteroatoms. The Balaban J connectivity index is 2.16. The van der Waals surface area contributed by atoms with Crippen LogP contribution in [0.2, 0.25) is 0 Å². The highest BCUT2D eigenvalue weighted by Gasteiger charge is 2.14. The van der Waals surface area contributed by atoms with Gasteiger partial charge in [-0.3, -0.25) is 0 Å². The lowest BCUT2D eigenvalue weighted by molar-refractivity contribution is 0.415. The molecule has 1 heterocycles. The Morgan fingerprint density at radius 1 is 1.26 bits per heavy atom. The van der Waals surface area contributed by atoms with Crippen molar-refractivity contribution in [2.45, 2.75) is 19.9 Å². The van der Waals surface area contributed by atoms with Gasteiger partial charge in [0.05, 0.1) is 13.2 Å². The van der Waals surface area contributed by atoms with Crippen molar-refractivity contribution < 1.29 is 4.74 Å². The standard InChI is InChI=1S/C15H20N2OS/c1-10-8-14(11(2)19-10)15(9-16)17-12-4-6-13(18-3)7-5-12/h4-8,15,17H,9,16H2,1-3H3. The van der Waals surface area contributed by atoms with Crippen LogP contribution >= 0.6 is 11.3 Å². The van der Waals surface area contributed by atoms with Crippen LogP contribution in [0.5, 0.6) is 5.75 Å². The van der Waals surface area contributed by atoms with Gasteiger partial charge in [-0.25, -0.2) is 0 Å². The molecule has 0 fully saturated rings. The second-order valence-electron chi connectivity index (χ2n) is 4.53. The molecule has 0 aliphatic carbocycles. The minimum atomic E-state index is 0.151. The Morgan fingerprint density at radius 2 is 1.95 bits per heavy atom. The van der Waals surface area contributed by atoms with E-state index in [2.05, 4.69) is 25.2 Å². The van der Waals surface area contributed by atoms with Crippen LogP contribution in [0.25, 0.3) is 0 Å². The maximum absolute atomic E-state index is 5.90. The first-order valence-corrected chi connectivity index (χ1v) is 7.13. The number of nitrogens with two attached hydrogens (primary N) is 1. The van der Waals surface area contributed by atoms with Crippen molar-refractivity contribution in [1.29, 1.82) is 0 Å². The summed E-state index contributed by atoms with van der Waals surface area (Å²) in [5, 5.41) is 3.48. The van der Waals surface area contributed by atoms with Crippen LogP contribution < -0.4 is 15.8 Å². The van der Waals surface area contributed by atoms with Crippen LogP contribution in [0.1, 0.15) is 21.4 Å². The van der Waals surface area contributed by atoms with Gasteiger partial charge >= 0.3 is 0 Å². The van der Waals surface area contributed by atoms with Gasteiger partial charge in [-0.15, -0.1) is 11.3 Å². The SMILES string of the molecule is COc1ccc(NC(CN)c2cc(C)sc2C)cc1. The molecule has 102 valence electrons. The second kappa shape index (κ2) is 6.08. The highest BCUT2D eigenvalue weighted by Crippen LogP contribution is 2.28. The lowest BCUT2D eigenvalue weighted by Gasteiger charge is -2.18. The summed E-state index contributed by atoms with van der Waals surface area (Å²) in [6.45, 7) is 4.84. The van der Waals surface area contributed by atoms with Crippen molar-refractivity contribution in [2.75, 3.05) is 19.0 Å². The van der Waals surface area contributed by atoms with Gasteiger partial charge in [0.2, 0.25) is 0 Å². The molecule has 2 rings (SSSR count). The van der Waals surface area contributed by atoms with Gasteiger partial charge in [0.15, 0.2) is 0 Å². The van der Waals surface area contributed by atoms with Crippen molar-refractivity contribution in [1.82, 2.24) is 0 Å². The molecule has 0 bridgehead atoms. The molecule has 1 aromatic heterocycles. The summed E-state index contributed by atoms with van der Waals surface area (Å²) in [6, 6.07) is 10.3. The fraction of sp³-hybridized carbons (Fsp3) is 0.333. The molecule has 2 aromatic rings. The van der Waals surface area contributed by atoms with E-state index in [1.807, 2.05) is 35.6 Å². The van der Waals surface area contributed by atoms with Crippen LogP contribution in [0.3, 0.4) is 0 Å². The quantitative estimate of drug-likeness (QED) is 0.879. The first-order valence-electron chi connectivity index (χ1n) is 6.31. The Morgan fingerprint density at radius 3 is 2.42 bits per heavy atom. The predicted octanol–water partition coefficient (Wildman–Crippen LogP) is 3.49. The Bertz CT molecular complexity index is 534. The normalized spacial score (nSPS) is 12.2. The molecule has 0 saturated carbocycles. The van der Waals surface area contributed by atoms with Crippen LogP contribution in [-0.2, 0) is 0 Å². The minimum absolute atomic E-state index is 0.151. The smallest absolute Gasteiger partial charge is 0.119 e. The van der Waals surface area contributed by atoms with Gasteiger partial charge in [0.1, 0.15) is 5.75 Å². The van der Waals surface area contributed by atoms with Crippen molar-refractivity contribution in [2.24, 2.45) is 5.73 Å². The van der Waals surface area contributed by atoms with E-state index in [1.165, 1.54) is 15.3 Å². The third-order valence-corrected chi connectivity index (χ3v) is 4.10. The average molecular weight is 276 g/mol. The lowest BCUT2D eigenvalue weighted by Crippen LogP contribution is -2.20. The number of hydrogen-bond donors (Lipinski definition) is 2. The molecule has 0 saturated heterocycles. The van der Waals surface area contributed by atoms with E-state index in [0.717, 1.165) is 11.4 Å². The lowest BCUT2D eigenvalue weighted by atomic mass is 10.1. The number of nitrogens with one attached hydrogen (secondary N) is 1. The summed E-state index contributed by atoms with van der Waals surface area (Å²) in [7, 11) is 1.67. The second-order valence-corrected chi connectivity index (χ2v) is 5.99. The monoisotopic (exact) mass is 276 g/mol. The van der Waals surface area contributed by atoms with E-state index in [-0.39, 0.29) is 6.04 Å².